The van der Waals surface area contributed by atoms with Crippen molar-refractivity contribution in [3.05, 3.63) is 36.2 Å². The Hall–Kier alpha value is -1.18. The van der Waals surface area contributed by atoms with Crippen molar-refractivity contribution in [2.24, 2.45) is 11.5 Å². The van der Waals surface area contributed by atoms with E-state index >= 15 is 0 Å². The quantitative estimate of drug-likeness (QED) is 0.537. The summed E-state index contributed by atoms with van der Waals surface area (Å²) in [6.45, 7) is 5.52. The van der Waals surface area contributed by atoms with Crippen LogP contribution in [0.3, 0.4) is 0 Å². The molecule has 0 fully saturated rings. The summed E-state index contributed by atoms with van der Waals surface area (Å²) in [7, 11) is 0. The van der Waals surface area contributed by atoms with Crippen molar-refractivity contribution in [1.29, 1.82) is 0 Å². The van der Waals surface area contributed by atoms with Crippen LogP contribution in [0.1, 0.15) is 6.92 Å². The van der Waals surface area contributed by atoms with Gasteiger partial charge in [-0.3, -0.25) is 0 Å². The molecule has 0 saturated carbocycles. The van der Waals surface area contributed by atoms with E-state index in [1.165, 1.54) is 6.20 Å². The predicted octanol–water partition coefficient (Wildman–Crippen LogP) is 0.878. The van der Waals surface area contributed by atoms with Crippen LogP contribution in [0, 0.1) is 0 Å². The number of allylic oxidation sites excluding steroid dienone is 3. The molecule has 0 rings (SSSR count). The summed E-state index contributed by atoms with van der Waals surface area (Å²) in [5.41, 5.74) is 12.0. The fraction of sp³-hybridized carbons (Fsp3) is 0.143. The second-order valence-electron chi connectivity index (χ2n) is 1.85. The highest BCUT2D eigenvalue weighted by atomic mass is 14.6. The highest BCUT2D eigenvalue weighted by Gasteiger charge is 1.79. The molecule has 0 atom stereocenters. The lowest BCUT2D eigenvalue weighted by Gasteiger charge is -1.89. The third kappa shape index (κ3) is 4.68. The molecule has 0 bridgehead atoms. The standard InChI is InChI=1S/C7H12N2/c1-6(2)5-7(9)3-4-8/h3-5H,1,8-9H2,2H3/b4-3-,7-5+. The molecule has 4 N–H and O–H groups in total. The van der Waals surface area contributed by atoms with E-state index in [9.17, 15) is 0 Å². The maximum Gasteiger partial charge on any atom is 0.0330 e. The minimum atomic E-state index is 0.630. The zero-order valence-electron chi connectivity index (χ0n) is 5.59. The van der Waals surface area contributed by atoms with Crippen molar-refractivity contribution >= 4 is 0 Å². The summed E-state index contributed by atoms with van der Waals surface area (Å²) in [5.74, 6) is 0. The molecule has 2 heteroatoms. The van der Waals surface area contributed by atoms with Crippen molar-refractivity contribution in [2.75, 3.05) is 0 Å². The molecule has 0 aromatic rings. The Morgan fingerprint density at radius 1 is 1.56 bits per heavy atom. The first-order valence-electron chi connectivity index (χ1n) is 2.67. The van der Waals surface area contributed by atoms with Gasteiger partial charge in [-0.2, -0.15) is 0 Å². The van der Waals surface area contributed by atoms with Gasteiger partial charge in [-0.05, 0) is 25.3 Å². The smallest absolute Gasteiger partial charge is 0.0330 e. The zero-order valence-corrected chi connectivity index (χ0v) is 5.59. The molecular formula is C7H12N2. The second-order valence-corrected chi connectivity index (χ2v) is 1.85. The summed E-state index contributed by atoms with van der Waals surface area (Å²) in [6.07, 6.45) is 4.77. The van der Waals surface area contributed by atoms with Crippen LogP contribution in [0.2, 0.25) is 0 Å². The molecule has 0 aromatic heterocycles. The van der Waals surface area contributed by atoms with Crippen molar-refractivity contribution < 1.29 is 0 Å². The van der Waals surface area contributed by atoms with Crippen LogP contribution in [-0.2, 0) is 0 Å². The lowest BCUT2D eigenvalue weighted by atomic mass is 10.3. The Labute approximate surface area is 55.5 Å². The first kappa shape index (κ1) is 7.82. The summed E-state index contributed by atoms with van der Waals surface area (Å²) in [6, 6.07) is 0. The molecule has 0 heterocycles. The van der Waals surface area contributed by atoms with Crippen LogP contribution in [0.5, 0.6) is 0 Å². The van der Waals surface area contributed by atoms with Crippen LogP contribution in [0.15, 0.2) is 36.2 Å². The van der Waals surface area contributed by atoms with Crippen LogP contribution in [0.4, 0.5) is 0 Å². The van der Waals surface area contributed by atoms with Gasteiger partial charge in [0, 0.05) is 5.70 Å². The molecule has 0 unspecified atom stereocenters. The Kier molecular flexibility index (Phi) is 3.28. The fourth-order valence-electron chi connectivity index (χ4n) is 0.444. The number of hydrogen-bond donors (Lipinski definition) is 2. The molecule has 9 heavy (non-hydrogen) atoms. The summed E-state index contributed by atoms with van der Waals surface area (Å²) >= 11 is 0. The summed E-state index contributed by atoms with van der Waals surface area (Å²) in [4.78, 5) is 0. The average Bonchev–Trinajstić information content (AvgIpc) is 1.63. The van der Waals surface area contributed by atoms with Gasteiger partial charge in [0.05, 0.1) is 0 Å². The highest BCUT2D eigenvalue weighted by Crippen LogP contribution is 1.93. The van der Waals surface area contributed by atoms with Gasteiger partial charge >= 0.3 is 0 Å². The van der Waals surface area contributed by atoms with Gasteiger partial charge in [-0.25, -0.2) is 0 Å². The van der Waals surface area contributed by atoms with Crippen LogP contribution >= 0.6 is 0 Å². The van der Waals surface area contributed by atoms with E-state index in [2.05, 4.69) is 6.58 Å². The van der Waals surface area contributed by atoms with Gasteiger partial charge in [-0.1, -0.05) is 12.2 Å². The first-order chi connectivity index (χ1) is 4.16. The SMILES string of the molecule is C=C(C)/C=C(N)\C=C/N. The topological polar surface area (TPSA) is 52.0 Å². The Morgan fingerprint density at radius 3 is 2.44 bits per heavy atom. The van der Waals surface area contributed by atoms with Crippen molar-refractivity contribution in [2.45, 2.75) is 6.92 Å². The number of rotatable bonds is 2. The lowest BCUT2D eigenvalue weighted by Crippen LogP contribution is -1.93. The number of nitrogens with two attached hydrogens (primary N) is 2. The fourth-order valence-corrected chi connectivity index (χ4v) is 0.444. The maximum absolute atomic E-state index is 5.42. The maximum atomic E-state index is 5.42. The monoisotopic (exact) mass is 124 g/mol. The second kappa shape index (κ2) is 3.78. The molecule has 0 amide bonds. The van der Waals surface area contributed by atoms with Gasteiger partial charge in [-0.15, -0.1) is 0 Å². The van der Waals surface area contributed by atoms with Gasteiger partial charge in [0.15, 0.2) is 0 Å². The van der Waals surface area contributed by atoms with Crippen molar-refractivity contribution in [3.8, 4) is 0 Å². The van der Waals surface area contributed by atoms with Gasteiger partial charge in [0.2, 0.25) is 0 Å². The van der Waals surface area contributed by atoms with E-state index < -0.39 is 0 Å². The molecule has 0 aliphatic heterocycles. The average molecular weight is 124 g/mol. The summed E-state index contributed by atoms with van der Waals surface area (Å²) < 4.78 is 0. The van der Waals surface area contributed by atoms with E-state index in [1.807, 2.05) is 6.92 Å². The third-order valence-corrected chi connectivity index (χ3v) is 0.702. The Balaban J connectivity index is 4.00. The van der Waals surface area contributed by atoms with Gasteiger partial charge in [0.1, 0.15) is 0 Å². The van der Waals surface area contributed by atoms with Crippen LogP contribution in [0.25, 0.3) is 0 Å². The molecule has 0 aliphatic rings. The summed E-state index contributed by atoms with van der Waals surface area (Å²) in [5, 5.41) is 0. The minimum Gasteiger partial charge on any atom is -0.405 e. The molecular weight excluding hydrogens is 112 g/mol. The molecule has 2 nitrogen and oxygen atoms in total. The predicted molar refractivity (Wildman–Crippen MR) is 40.4 cm³/mol. The zero-order chi connectivity index (χ0) is 7.28. The molecule has 0 aromatic carbocycles. The van der Waals surface area contributed by atoms with E-state index in [4.69, 9.17) is 11.5 Å². The van der Waals surface area contributed by atoms with E-state index in [-0.39, 0.29) is 0 Å². The third-order valence-electron chi connectivity index (χ3n) is 0.702. The molecule has 0 aliphatic carbocycles. The van der Waals surface area contributed by atoms with Gasteiger partial charge < -0.3 is 11.5 Å². The van der Waals surface area contributed by atoms with E-state index in [0.29, 0.717) is 5.70 Å². The van der Waals surface area contributed by atoms with E-state index in [0.717, 1.165) is 5.57 Å². The van der Waals surface area contributed by atoms with Crippen molar-refractivity contribution in [1.82, 2.24) is 0 Å². The van der Waals surface area contributed by atoms with E-state index in [1.54, 1.807) is 12.2 Å². The Bertz CT molecular complexity index is 154. The molecule has 0 radical (unpaired) electrons. The molecule has 0 saturated heterocycles. The number of hydrogen-bond acceptors (Lipinski definition) is 2. The largest absolute Gasteiger partial charge is 0.405 e. The lowest BCUT2D eigenvalue weighted by molar-refractivity contribution is 1.37. The minimum absolute atomic E-state index is 0.630. The van der Waals surface area contributed by atoms with Crippen molar-refractivity contribution in [3.63, 3.8) is 0 Å². The molecule has 0 spiro atoms. The molecule has 50 valence electrons. The van der Waals surface area contributed by atoms with Crippen LogP contribution < -0.4 is 11.5 Å². The first-order valence-corrected chi connectivity index (χ1v) is 2.67. The van der Waals surface area contributed by atoms with Gasteiger partial charge in [0.25, 0.3) is 0 Å². The van der Waals surface area contributed by atoms with Crippen LogP contribution in [-0.4, -0.2) is 0 Å². The normalized spacial score (nSPS) is 12.3. The Morgan fingerprint density at radius 2 is 2.11 bits per heavy atom. The highest BCUT2D eigenvalue weighted by molar-refractivity contribution is 5.24.